The molecule has 0 unspecified atom stereocenters. The van der Waals surface area contributed by atoms with Crippen LogP contribution in [0.25, 0.3) is 0 Å². The molecule has 0 bridgehead atoms. The van der Waals surface area contributed by atoms with Crippen LogP contribution in [-0.4, -0.2) is 21.2 Å². The highest BCUT2D eigenvalue weighted by molar-refractivity contribution is 9.10. The van der Waals surface area contributed by atoms with Gasteiger partial charge in [0.25, 0.3) is 0 Å². The molecular weight excluding hydrogens is 354 g/mol. The van der Waals surface area contributed by atoms with Gasteiger partial charge in [-0.3, -0.25) is 0 Å². The lowest BCUT2D eigenvalue weighted by Crippen LogP contribution is -2.19. The number of nitrogens with zero attached hydrogens (tertiary/aromatic N) is 3. The van der Waals surface area contributed by atoms with E-state index < -0.39 is 0 Å². The van der Waals surface area contributed by atoms with Gasteiger partial charge in [-0.15, -0.1) is 5.10 Å². The first-order valence-corrected chi connectivity index (χ1v) is 8.99. The second-order valence-corrected chi connectivity index (χ2v) is 6.94. The molecule has 1 aromatic carbocycles. The highest BCUT2D eigenvalue weighted by Gasteiger charge is 2.13. The van der Waals surface area contributed by atoms with Crippen molar-refractivity contribution in [2.24, 2.45) is 0 Å². The van der Waals surface area contributed by atoms with E-state index in [-0.39, 0.29) is 0 Å². The molecule has 0 amide bonds. The largest absolute Gasteiger partial charge is 0.366 e. The van der Waals surface area contributed by atoms with Crippen LogP contribution in [0.3, 0.4) is 0 Å². The van der Waals surface area contributed by atoms with Gasteiger partial charge in [-0.05, 0) is 43.5 Å². The van der Waals surface area contributed by atoms with Crippen LogP contribution in [0.1, 0.15) is 44.1 Å². The van der Waals surface area contributed by atoms with Crippen LogP contribution in [-0.2, 0) is 0 Å². The summed E-state index contributed by atoms with van der Waals surface area (Å²) < 4.78 is 1.09. The highest BCUT2D eigenvalue weighted by Crippen LogP contribution is 2.23. The van der Waals surface area contributed by atoms with Crippen molar-refractivity contribution in [3.05, 3.63) is 34.4 Å². The first-order chi connectivity index (χ1) is 11.2. The molecule has 2 N–H and O–H groups in total. The van der Waals surface area contributed by atoms with Crippen molar-refractivity contribution in [3.63, 3.8) is 0 Å². The van der Waals surface area contributed by atoms with Crippen LogP contribution in [0, 0.1) is 6.92 Å². The van der Waals surface area contributed by atoms with Crippen molar-refractivity contribution in [2.45, 2.75) is 51.5 Å². The van der Waals surface area contributed by atoms with Crippen molar-refractivity contribution in [3.8, 4) is 0 Å². The Morgan fingerprint density at radius 1 is 1.13 bits per heavy atom. The summed E-state index contributed by atoms with van der Waals surface area (Å²) in [5.74, 6) is 1.31. The van der Waals surface area contributed by atoms with Crippen LogP contribution in [0.4, 0.5) is 17.5 Å². The van der Waals surface area contributed by atoms with E-state index in [9.17, 15) is 0 Å². The quantitative estimate of drug-likeness (QED) is 0.749. The molecule has 0 saturated heterocycles. The maximum Gasteiger partial charge on any atom is 0.249 e. The van der Waals surface area contributed by atoms with Crippen molar-refractivity contribution in [1.29, 1.82) is 0 Å². The Kier molecular flexibility index (Phi) is 5.43. The first-order valence-electron chi connectivity index (χ1n) is 8.20. The van der Waals surface area contributed by atoms with Gasteiger partial charge < -0.3 is 10.6 Å². The van der Waals surface area contributed by atoms with Gasteiger partial charge in [-0.1, -0.05) is 41.6 Å². The van der Waals surface area contributed by atoms with Crippen LogP contribution in [0.5, 0.6) is 0 Å². The molecule has 122 valence electrons. The Balaban J connectivity index is 1.67. The summed E-state index contributed by atoms with van der Waals surface area (Å²) >= 11 is 3.51. The summed E-state index contributed by atoms with van der Waals surface area (Å²) in [6, 6.07) is 6.56. The average Bonchev–Trinajstić information content (AvgIpc) is 2.80. The van der Waals surface area contributed by atoms with Crippen molar-refractivity contribution in [2.75, 3.05) is 10.6 Å². The van der Waals surface area contributed by atoms with E-state index in [1.807, 2.05) is 12.1 Å². The van der Waals surface area contributed by atoms with E-state index >= 15 is 0 Å². The third kappa shape index (κ3) is 4.64. The van der Waals surface area contributed by atoms with Crippen molar-refractivity contribution < 1.29 is 0 Å². The number of aromatic nitrogens is 3. The fourth-order valence-electron chi connectivity index (χ4n) is 2.91. The van der Waals surface area contributed by atoms with Crippen LogP contribution >= 0.6 is 15.9 Å². The predicted molar refractivity (Wildman–Crippen MR) is 97.1 cm³/mol. The summed E-state index contributed by atoms with van der Waals surface area (Å²) in [4.78, 5) is 4.54. The second kappa shape index (κ2) is 7.73. The van der Waals surface area contributed by atoms with Gasteiger partial charge in [0.15, 0.2) is 5.82 Å². The van der Waals surface area contributed by atoms with Gasteiger partial charge in [0.2, 0.25) is 5.95 Å². The Hall–Kier alpha value is -1.69. The summed E-state index contributed by atoms with van der Waals surface area (Å²) in [6.45, 7) is 2.05. The molecule has 0 radical (unpaired) electrons. The first kappa shape index (κ1) is 16.2. The van der Waals surface area contributed by atoms with E-state index in [2.05, 4.69) is 54.7 Å². The van der Waals surface area contributed by atoms with Crippen molar-refractivity contribution in [1.82, 2.24) is 15.2 Å². The van der Waals surface area contributed by atoms with E-state index in [1.54, 1.807) is 6.20 Å². The molecule has 5 nitrogen and oxygen atoms in total. The summed E-state index contributed by atoms with van der Waals surface area (Å²) in [5.41, 5.74) is 2.12. The Bertz CT molecular complexity index is 653. The minimum absolute atomic E-state index is 0.497. The molecule has 23 heavy (non-hydrogen) atoms. The number of halogens is 1. The highest BCUT2D eigenvalue weighted by atomic mass is 79.9. The molecule has 6 heteroatoms. The zero-order valence-corrected chi connectivity index (χ0v) is 14.9. The number of rotatable bonds is 4. The molecule has 2 aromatic rings. The zero-order valence-electron chi connectivity index (χ0n) is 13.3. The Morgan fingerprint density at radius 3 is 2.65 bits per heavy atom. The van der Waals surface area contributed by atoms with Crippen LogP contribution in [0.2, 0.25) is 0 Å². The lowest BCUT2D eigenvalue weighted by molar-refractivity contribution is 0.617. The molecule has 0 spiro atoms. The standard InChI is InChI=1S/C17H22BrN5/c1-12-10-14(8-9-15(12)18)21-17-22-16(11-19-23-17)20-13-6-4-2-3-5-7-13/h8-11,13H,2-7H2,1H3,(H2,20,21,22,23). The van der Waals surface area contributed by atoms with Gasteiger partial charge in [0.1, 0.15) is 0 Å². The monoisotopic (exact) mass is 375 g/mol. The molecule has 0 atom stereocenters. The fraction of sp³-hybridized carbons (Fsp3) is 0.471. The summed E-state index contributed by atoms with van der Waals surface area (Å²) in [5, 5.41) is 14.9. The molecule has 0 aliphatic heterocycles. The lowest BCUT2D eigenvalue weighted by Gasteiger charge is -2.16. The van der Waals surface area contributed by atoms with Gasteiger partial charge in [0.05, 0.1) is 6.20 Å². The van der Waals surface area contributed by atoms with Crippen LogP contribution < -0.4 is 10.6 Å². The fourth-order valence-corrected chi connectivity index (χ4v) is 3.16. The number of benzene rings is 1. The second-order valence-electron chi connectivity index (χ2n) is 6.09. The topological polar surface area (TPSA) is 62.7 Å². The normalized spacial score (nSPS) is 15.9. The number of aryl methyl sites for hydroxylation is 1. The number of hydrogen-bond acceptors (Lipinski definition) is 5. The molecule has 3 rings (SSSR count). The van der Waals surface area contributed by atoms with Crippen molar-refractivity contribution >= 4 is 33.4 Å². The maximum atomic E-state index is 4.54. The molecule has 1 heterocycles. The number of nitrogens with one attached hydrogen (secondary N) is 2. The molecule has 1 aromatic heterocycles. The van der Waals surface area contributed by atoms with E-state index in [0.717, 1.165) is 21.5 Å². The summed E-state index contributed by atoms with van der Waals surface area (Å²) in [6.07, 6.45) is 9.38. The van der Waals surface area contributed by atoms with Gasteiger partial charge >= 0.3 is 0 Å². The molecule has 1 aliphatic carbocycles. The SMILES string of the molecule is Cc1cc(Nc2nncc(NC3CCCCCC3)n2)ccc1Br. The number of hydrogen-bond donors (Lipinski definition) is 2. The average molecular weight is 376 g/mol. The van der Waals surface area contributed by atoms with Gasteiger partial charge in [0, 0.05) is 16.2 Å². The minimum atomic E-state index is 0.497. The minimum Gasteiger partial charge on any atom is -0.366 e. The smallest absolute Gasteiger partial charge is 0.249 e. The molecule has 1 fully saturated rings. The third-order valence-corrected chi connectivity index (χ3v) is 5.07. The summed E-state index contributed by atoms with van der Waals surface area (Å²) in [7, 11) is 0. The Labute approximate surface area is 145 Å². The lowest BCUT2D eigenvalue weighted by atomic mass is 10.1. The van der Waals surface area contributed by atoms with E-state index in [0.29, 0.717) is 12.0 Å². The van der Waals surface area contributed by atoms with Gasteiger partial charge in [-0.2, -0.15) is 10.1 Å². The zero-order chi connectivity index (χ0) is 16.1. The molecule has 1 aliphatic rings. The molecule has 1 saturated carbocycles. The van der Waals surface area contributed by atoms with E-state index in [1.165, 1.54) is 38.5 Å². The van der Waals surface area contributed by atoms with E-state index in [4.69, 9.17) is 0 Å². The predicted octanol–water partition coefficient (Wildman–Crippen LogP) is 4.82. The Morgan fingerprint density at radius 2 is 1.91 bits per heavy atom. The van der Waals surface area contributed by atoms with Crippen LogP contribution in [0.15, 0.2) is 28.9 Å². The maximum absolute atomic E-state index is 4.54. The molecular formula is C17H22BrN5. The van der Waals surface area contributed by atoms with Gasteiger partial charge in [-0.25, -0.2) is 0 Å². The third-order valence-electron chi connectivity index (χ3n) is 4.18. The number of anilines is 3.